The topological polar surface area (TPSA) is 33.1 Å². The normalized spacial score (nSPS) is 21.8. The third-order valence-corrected chi connectivity index (χ3v) is 5.59. The number of aryl methyl sites for hydroxylation is 1. The minimum atomic E-state index is 0.470. The highest BCUT2D eigenvalue weighted by Crippen LogP contribution is 2.37. The predicted molar refractivity (Wildman–Crippen MR) is 99.0 cm³/mol. The lowest BCUT2D eigenvalue weighted by molar-refractivity contribution is 0.182. The van der Waals surface area contributed by atoms with Crippen LogP contribution in [-0.2, 0) is 6.42 Å². The highest BCUT2D eigenvalue weighted by molar-refractivity contribution is 5.56. The quantitative estimate of drug-likeness (QED) is 0.903. The van der Waals surface area contributed by atoms with Crippen molar-refractivity contribution in [2.24, 2.45) is 0 Å². The van der Waals surface area contributed by atoms with Crippen LogP contribution in [0, 0.1) is 6.92 Å². The van der Waals surface area contributed by atoms with Gasteiger partial charge in [0.2, 0.25) is 0 Å². The molecule has 1 saturated heterocycles. The predicted octanol–water partition coefficient (Wildman–Crippen LogP) is 4.09. The highest BCUT2D eigenvalue weighted by Gasteiger charge is 2.29. The lowest BCUT2D eigenvalue weighted by atomic mass is 9.96. The average Bonchev–Trinajstić information content (AvgIpc) is 2.78. The van der Waals surface area contributed by atoms with Gasteiger partial charge in [0.05, 0.1) is 17.4 Å². The Balaban J connectivity index is 1.84. The Hall–Kier alpha value is -1.81. The number of nitrogens with one attached hydrogen (secondary N) is 1. The van der Waals surface area contributed by atoms with Gasteiger partial charge in [-0.25, -0.2) is 4.68 Å². The highest BCUT2D eigenvalue weighted by atomic mass is 15.4. The molecule has 2 aliphatic rings. The maximum atomic E-state index is 5.15. The van der Waals surface area contributed by atoms with Crippen LogP contribution in [0.4, 0.5) is 5.82 Å². The lowest BCUT2D eigenvalue weighted by Crippen LogP contribution is -2.30. The Bertz CT molecular complexity index is 718. The van der Waals surface area contributed by atoms with Gasteiger partial charge in [-0.1, -0.05) is 24.6 Å². The number of rotatable bonds is 2. The zero-order chi connectivity index (χ0) is 16.5. The van der Waals surface area contributed by atoms with E-state index in [1.807, 2.05) is 0 Å². The fraction of sp³-hybridized carbons (Fsp3) is 0.550. The Morgan fingerprint density at radius 2 is 2.00 bits per heavy atom. The second-order valence-corrected chi connectivity index (χ2v) is 7.29. The molecule has 3 heterocycles. The van der Waals surface area contributed by atoms with Crippen LogP contribution in [0.2, 0.25) is 0 Å². The van der Waals surface area contributed by atoms with Gasteiger partial charge in [-0.2, -0.15) is 5.10 Å². The molecule has 4 rings (SSSR count). The van der Waals surface area contributed by atoms with Gasteiger partial charge in [0, 0.05) is 12.1 Å². The van der Waals surface area contributed by atoms with Gasteiger partial charge >= 0.3 is 0 Å². The number of anilines is 1. The first-order valence-electron chi connectivity index (χ1n) is 9.37. The summed E-state index contributed by atoms with van der Waals surface area (Å²) in [6, 6.07) is 9.04. The van der Waals surface area contributed by atoms with Crippen molar-refractivity contribution < 1.29 is 0 Å². The molecule has 1 atom stereocenters. The van der Waals surface area contributed by atoms with Crippen LogP contribution >= 0.6 is 0 Å². The number of nitrogens with zero attached hydrogens (tertiary/aromatic N) is 3. The SMILES string of the molecule is Cc1ccccc1-n1nc(C2CCCCN2C)c2c1NCCCC2. The largest absolute Gasteiger partial charge is 0.370 e. The Morgan fingerprint density at radius 1 is 1.12 bits per heavy atom. The second kappa shape index (κ2) is 6.60. The van der Waals surface area contributed by atoms with Gasteiger partial charge in [-0.15, -0.1) is 0 Å². The fourth-order valence-electron chi connectivity index (χ4n) is 4.19. The van der Waals surface area contributed by atoms with Crippen molar-refractivity contribution in [3.63, 3.8) is 0 Å². The summed E-state index contributed by atoms with van der Waals surface area (Å²) in [6.45, 7) is 4.40. The van der Waals surface area contributed by atoms with E-state index in [-0.39, 0.29) is 0 Å². The summed E-state index contributed by atoms with van der Waals surface area (Å²) in [5, 5.41) is 8.83. The molecule has 1 aromatic carbocycles. The van der Waals surface area contributed by atoms with Crippen LogP contribution in [0.1, 0.15) is 55.0 Å². The van der Waals surface area contributed by atoms with Crippen molar-refractivity contribution >= 4 is 5.82 Å². The summed E-state index contributed by atoms with van der Waals surface area (Å²) in [5.74, 6) is 1.23. The third-order valence-electron chi connectivity index (χ3n) is 5.59. The number of para-hydroxylation sites is 1. The minimum Gasteiger partial charge on any atom is -0.370 e. The third kappa shape index (κ3) is 2.73. The summed E-state index contributed by atoms with van der Waals surface area (Å²) < 4.78 is 2.17. The molecule has 0 spiro atoms. The standard InChI is InChI=1S/C20H28N4/c1-15-9-3-4-11-17(15)24-20-16(10-5-7-13-21-20)19(22-24)18-12-6-8-14-23(18)2/h3-4,9,11,18,21H,5-8,10,12-14H2,1-2H3. The molecule has 4 nitrogen and oxygen atoms in total. The first-order valence-corrected chi connectivity index (χ1v) is 9.37. The van der Waals surface area contributed by atoms with Crippen molar-refractivity contribution in [1.29, 1.82) is 0 Å². The van der Waals surface area contributed by atoms with Crippen molar-refractivity contribution in [2.75, 3.05) is 25.5 Å². The van der Waals surface area contributed by atoms with Crippen LogP contribution in [0.3, 0.4) is 0 Å². The van der Waals surface area contributed by atoms with Gasteiger partial charge in [-0.3, -0.25) is 4.90 Å². The first kappa shape index (κ1) is 15.7. The van der Waals surface area contributed by atoms with E-state index in [9.17, 15) is 0 Å². The molecule has 0 bridgehead atoms. The molecule has 0 saturated carbocycles. The minimum absolute atomic E-state index is 0.470. The van der Waals surface area contributed by atoms with E-state index in [0.29, 0.717) is 6.04 Å². The van der Waals surface area contributed by atoms with Gasteiger partial charge in [0.25, 0.3) is 0 Å². The zero-order valence-corrected chi connectivity index (χ0v) is 14.9. The van der Waals surface area contributed by atoms with Crippen molar-refractivity contribution in [1.82, 2.24) is 14.7 Å². The van der Waals surface area contributed by atoms with E-state index in [2.05, 4.69) is 53.1 Å². The Kier molecular flexibility index (Phi) is 4.31. The van der Waals surface area contributed by atoms with Gasteiger partial charge in [-0.05, 0) is 64.3 Å². The van der Waals surface area contributed by atoms with E-state index >= 15 is 0 Å². The first-order chi connectivity index (χ1) is 11.8. The van der Waals surface area contributed by atoms with E-state index in [1.165, 1.54) is 67.0 Å². The molecule has 1 unspecified atom stereocenters. The zero-order valence-electron chi connectivity index (χ0n) is 14.9. The number of hydrogen-bond donors (Lipinski definition) is 1. The molecule has 1 aromatic heterocycles. The molecule has 1 N–H and O–H groups in total. The smallest absolute Gasteiger partial charge is 0.133 e. The second-order valence-electron chi connectivity index (χ2n) is 7.29. The number of hydrogen-bond acceptors (Lipinski definition) is 3. The molecule has 1 fully saturated rings. The van der Waals surface area contributed by atoms with Gasteiger partial charge in [0.1, 0.15) is 5.82 Å². The van der Waals surface area contributed by atoms with Gasteiger partial charge < -0.3 is 5.32 Å². The molecule has 0 amide bonds. The molecule has 0 aliphatic carbocycles. The summed E-state index contributed by atoms with van der Waals surface area (Å²) in [4.78, 5) is 2.50. The van der Waals surface area contributed by atoms with Crippen LogP contribution in [0.5, 0.6) is 0 Å². The molecular formula is C20H28N4. The summed E-state index contributed by atoms with van der Waals surface area (Å²) in [5.41, 5.74) is 5.24. The number of piperidine rings is 1. The average molecular weight is 324 g/mol. The summed E-state index contributed by atoms with van der Waals surface area (Å²) in [7, 11) is 2.26. The number of likely N-dealkylation sites (tertiary alicyclic amines) is 1. The lowest BCUT2D eigenvalue weighted by Gasteiger charge is -2.31. The molecule has 4 heteroatoms. The van der Waals surface area contributed by atoms with Crippen LogP contribution in [0.25, 0.3) is 5.69 Å². The fourth-order valence-corrected chi connectivity index (χ4v) is 4.19. The maximum absolute atomic E-state index is 5.15. The van der Waals surface area contributed by atoms with Gasteiger partial charge in [0.15, 0.2) is 0 Å². The number of fused-ring (bicyclic) bond motifs is 1. The van der Waals surface area contributed by atoms with Crippen LogP contribution in [-0.4, -0.2) is 34.8 Å². The van der Waals surface area contributed by atoms with Crippen molar-refractivity contribution in [3.8, 4) is 5.69 Å². The molecule has 2 aliphatic heterocycles. The maximum Gasteiger partial charge on any atom is 0.133 e. The molecule has 128 valence electrons. The monoisotopic (exact) mass is 324 g/mol. The molecular weight excluding hydrogens is 296 g/mol. The van der Waals surface area contributed by atoms with E-state index in [0.717, 1.165) is 13.0 Å². The number of aromatic nitrogens is 2. The van der Waals surface area contributed by atoms with Crippen LogP contribution in [0.15, 0.2) is 24.3 Å². The molecule has 0 radical (unpaired) electrons. The summed E-state index contributed by atoms with van der Waals surface area (Å²) in [6.07, 6.45) is 7.49. The van der Waals surface area contributed by atoms with E-state index in [4.69, 9.17) is 5.10 Å². The van der Waals surface area contributed by atoms with E-state index < -0.39 is 0 Å². The Labute approximate surface area is 144 Å². The molecule has 2 aromatic rings. The van der Waals surface area contributed by atoms with Crippen molar-refractivity contribution in [2.45, 2.75) is 51.5 Å². The number of benzene rings is 1. The Morgan fingerprint density at radius 3 is 2.83 bits per heavy atom. The molecule has 24 heavy (non-hydrogen) atoms. The van der Waals surface area contributed by atoms with E-state index in [1.54, 1.807) is 0 Å². The van der Waals surface area contributed by atoms with Crippen LogP contribution < -0.4 is 5.32 Å². The summed E-state index contributed by atoms with van der Waals surface area (Å²) >= 11 is 0. The van der Waals surface area contributed by atoms with Crippen molar-refractivity contribution in [3.05, 3.63) is 41.1 Å².